The molecule has 9 heteroatoms. The monoisotopic (exact) mass is 282 g/mol. The Bertz CT molecular complexity index is 526. The molecule has 0 spiro atoms. The van der Waals surface area contributed by atoms with Crippen LogP contribution in [0.4, 0.5) is 5.95 Å². The maximum atomic E-state index is 11.7. The molecule has 2 aromatic rings. The Hall–Kier alpha value is -2.00. The first-order valence-electron chi connectivity index (χ1n) is 5.55. The summed E-state index contributed by atoms with van der Waals surface area (Å²) in [7, 11) is 1.61. The molecule has 102 valence electrons. The van der Waals surface area contributed by atoms with Gasteiger partial charge in [0.25, 0.3) is 0 Å². The normalized spacial score (nSPS) is 12.3. The first kappa shape index (κ1) is 13.4. The molecule has 0 saturated heterocycles. The molecule has 0 saturated carbocycles. The summed E-state index contributed by atoms with van der Waals surface area (Å²) in [5, 5.41) is 15.2. The number of tetrazole rings is 1. The van der Waals surface area contributed by atoms with E-state index in [0.29, 0.717) is 6.54 Å². The van der Waals surface area contributed by atoms with E-state index in [0.717, 1.165) is 4.88 Å². The number of nitrogens with zero attached hydrogens (tertiary/aromatic N) is 4. The van der Waals surface area contributed by atoms with Gasteiger partial charge in [0.2, 0.25) is 11.9 Å². The van der Waals surface area contributed by atoms with Gasteiger partial charge in [-0.2, -0.15) is 0 Å². The minimum Gasteiger partial charge on any atom is -0.374 e. The minimum absolute atomic E-state index is 0.0142. The molecule has 19 heavy (non-hydrogen) atoms. The number of nitrogen functional groups attached to an aromatic ring is 1. The van der Waals surface area contributed by atoms with Crippen molar-refractivity contribution in [3.63, 3.8) is 0 Å². The zero-order valence-corrected chi connectivity index (χ0v) is 11.1. The van der Waals surface area contributed by atoms with Crippen molar-refractivity contribution in [1.29, 1.82) is 0 Å². The first-order valence-corrected chi connectivity index (χ1v) is 6.43. The van der Waals surface area contributed by atoms with Gasteiger partial charge in [-0.15, -0.1) is 11.3 Å². The zero-order valence-electron chi connectivity index (χ0n) is 10.3. The molecule has 1 unspecified atom stereocenters. The van der Waals surface area contributed by atoms with Crippen molar-refractivity contribution in [2.45, 2.75) is 12.6 Å². The lowest BCUT2D eigenvalue weighted by Crippen LogP contribution is -2.32. The first-order chi connectivity index (χ1) is 9.20. The van der Waals surface area contributed by atoms with Crippen molar-refractivity contribution in [1.82, 2.24) is 25.5 Å². The van der Waals surface area contributed by atoms with Gasteiger partial charge in [-0.05, 0) is 21.9 Å². The van der Waals surface area contributed by atoms with Crippen LogP contribution in [-0.4, -0.2) is 39.8 Å². The van der Waals surface area contributed by atoms with Crippen LogP contribution in [0.1, 0.15) is 11.0 Å². The number of hydrogen-bond donors (Lipinski definition) is 2. The summed E-state index contributed by atoms with van der Waals surface area (Å²) < 4.78 is 6.55. The minimum atomic E-state index is -0.224. The topological polar surface area (TPSA) is 108 Å². The summed E-state index contributed by atoms with van der Waals surface area (Å²) in [6, 6.07) is 3.90. The summed E-state index contributed by atoms with van der Waals surface area (Å²) in [6.45, 7) is 0.373. The quantitative estimate of drug-likeness (QED) is 0.761. The number of hydrogen-bond acceptors (Lipinski definition) is 7. The van der Waals surface area contributed by atoms with Gasteiger partial charge in [0, 0.05) is 18.5 Å². The summed E-state index contributed by atoms with van der Waals surface area (Å²) in [4.78, 5) is 12.8. The van der Waals surface area contributed by atoms with Crippen LogP contribution in [0.3, 0.4) is 0 Å². The van der Waals surface area contributed by atoms with Crippen LogP contribution >= 0.6 is 11.3 Å². The van der Waals surface area contributed by atoms with E-state index in [2.05, 4.69) is 20.8 Å². The highest BCUT2D eigenvalue weighted by molar-refractivity contribution is 7.10. The fourth-order valence-corrected chi connectivity index (χ4v) is 2.30. The smallest absolute Gasteiger partial charge is 0.242 e. The molecule has 1 amide bonds. The van der Waals surface area contributed by atoms with Crippen molar-refractivity contribution in [2.75, 3.05) is 19.4 Å². The van der Waals surface area contributed by atoms with E-state index in [1.54, 1.807) is 18.4 Å². The number of rotatable bonds is 6. The lowest BCUT2D eigenvalue weighted by atomic mass is 10.3. The van der Waals surface area contributed by atoms with Gasteiger partial charge in [-0.3, -0.25) is 4.79 Å². The van der Waals surface area contributed by atoms with Gasteiger partial charge in [-0.1, -0.05) is 11.2 Å². The van der Waals surface area contributed by atoms with Gasteiger partial charge in [-0.25, -0.2) is 4.68 Å². The van der Waals surface area contributed by atoms with Crippen LogP contribution < -0.4 is 11.1 Å². The summed E-state index contributed by atoms with van der Waals surface area (Å²) in [5.74, 6) is -0.116. The number of carbonyl (C=O) groups is 1. The highest BCUT2D eigenvalue weighted by Crippen LogP contribution is 2.20. The van der Waals surface area contributed by atoms with E-state index in [1.165, 1.54) is 4.68 Å². The van der Waals surface area contributed by atoms with Crippen molar-refractivity contribution in [2.24, 2.45) is 0 Å². The average Bonchev–Trinajstić information content (AvgIpc) is 3.03. The number of amides is 1. The number of nitrogens with one attached hydrogen (secondary N) is 1. The van der Waals surface area contributed by atoms with Gasteiger partial charge >= 0.3 is 0 Å². The average molecular weight is 282 g/mol. The van der Waals surface area contributed by atoms with Crippen molar-refractivity contribution >= 4 is 23.2 Å². The zero-order chi connectivity index (χ0) is 13.7. The fraction of sp³-hybridized carbons (Fsp3) is 0.400. The number of nitrogens with two attached hydrogens (primary N) is 1. The van der Waals surface area contributed by atoms with Crippen LogP contribution in [-0.2, 0) is 16.1 Å². The van der Waals surface area contributed by atoms with Crippen LogP contribution in [0, 0.1) is 0 Å². The lowest BCUT2D eigenvalue weighted by molar-refractivity contribution is -0.122. The molecule has 0 fully saturated rings. The maximum absolute atomic E-state index is 11.7. The highest BCUT2D eigenvalue weighted by Gasteiger charge is 2.14. The number of methoxy groups -OCH3 is 1. The van der Waals surface area contributed by atoms with Crippen LogP contribution in [0.5, 0.6) is 0 Å². The lowest BCUT2D eigenvalue weighted by Gasteiger charge is -2.14. The predicted octanol–water partition coefficient (Wildman–Crippen LogP) is -0.179. The van der Waals surface area contributed by atoms with Gasteiger partial charge < -0.3 is 15.8 Å². The Morgan fingerprint density at radius 1 is 1.68 bits per heavy atom. The number of carbonyl (C=O) groups excluding carboxylic acids is 1. The summed E-state index contributed by atoms with van der Waals surface area (Å²) >= 11 is 1.58. The van der Waals surface area contributed by atoms with Crippen molar-refractivity contribution < 1.29 is 9.53 Å². The molecule has 0 aliphatic rings. The number of ether oxygens (including phenoxy) is 1. The van der Waals surface area contributed by atoms with Crippen molar-refractivity contribution in [3.05, 3.63) is 22.4 Å². The van der Waals surface area contributed by atoms with E-state index < -0.39 is 0 Å². The Morgan fingerprint density at radius 3 is 3.11 bits per heavy atom. The number of anilines is 1. The second-order valence-corrected chi connectivity index (χ2v) is 4.72. The molecule has 8 nitrogen and oxygen atoms in total. The molecule has 2 heterocycles. The molecule has 2 rings (SSSR count). The maximum Gasteiger partial charge on any atom is 0.242 e. The Kier molecular flexibility index (Phi) is 4.42. The molecule has 0 aromatic carbocycles. The van der Waals surface area contributed by atoms with E-state index in [4.69, 9.17) is 10.5 Å². The fourth-order valence-electron chi connectivity index (χ4n) is 1.50. The second kappa shape index (κ2) is 6.25. The third-order valence-electron chi connectivity index (χ3n) is 2.48. The molecule has 0 aliphatic heterocycles. The molecule has 0 radical (unpaired) electrons. The van der Waals surface area contributed by atoms with Crippen molar-refractivity contribution in [3.8, 4) is 0 Å². The molecule has 0 bridgehead atoms. The van der Waals surface area contributed by atoms with Gasteiger partial charge in [0.05, 0.1) is 0 Å². The SMILES string of the molecule is COC(CNC(=O)Cn1nnnc1N)c1cccs1. The molecule has 1 atom stereocenters. The highest BCUT2D eigenvalue weighted by atomic mass is 32.1. The Balaban J connectivity index is 1.84. The van der Waals surface area contributed by atoms with Gasteiger partial charge in [0.15, 0.2) is 0 Å². The molecular weight excluding hydrogens is 268 g/mol. The molecule has 2 aromatic heterocycles. The number of thiophene rings is 1. The van der Waals surface area contributed by atoms with Crippen LogP contribution in [0.25, 0.3) is 0 Å². The third-order valence-corrected chi connectivity index (χ3v) is 3.45. The van der Waals surface area contributed by atoms with E-state index >= 15 is 0 Å². The van der Waals surface area contributed by atoms with E-state index in [9.17, 15) is 4.79 Å². The van der Waals surface area contributed by atoms with Gasteiger partial charge in [0.1, 0.15) is 12.6 Å². The predicted molar refractivity (Wildman–Crippen MR) is 69.3 cm³/mol. The largest absolute Gasteiger partial charge is 0.374 e. The molecule has 0 aliphatic carbocycles. The second-order valence-electron chi connectivity index (χ2n) is 3.74. The Morgan fingerprint density at radius 2 is 2.53 bits per heavy atom. The number of aromatic nitrogens is 4. The molecule has 3 N–H and O–H groups in total. The molecular formula is C10H14N6O2S. The Labute approximate surface area is 113 Å². The summed E-state index contributed by atoms with van der Waals surface area (Å²) in [6.07, 6.45) is -0.157. The van der Waals surface area contributed by atoms with Crippen LogP contribution in [0.15, 0.2) is 17.5 Å². The van der Waals surface area contributed by atoms with Crippen LogP contribution in [0.2, 0.25) is 0 Å². The summed E-state index contributed by atoms with van der Waals surface area (Å²) in [5.41, 5.74) is 5.47. The third kappa shape index (κ3) is 3.48. The van der Waals surface area contributed by atoms with E-state index in [-0.39, 0.29) is 24.5 Å². The standard InChI is InChI=1S/C10H14N6O2S/c1-18-7(8-3-2-4-19-8)5-12-9(17)6-16-10(11)13-14-15-16/h2-4,7H,5-6H2,1H3,(H,12,17)(H2,11,13,15). The van der Waals surface area contributed by atoms with E-state index in [1.807, 2.05) is 17.5 Å².